The minimum absolute atomic E-state index is 0.0293. The Morgan fingerprint density at radius 1 is 1.06 bits per heavy atom. The lowest BCUT2D eigenvalue weighted by molar-refractivity contribution is 0.102. The molecule has 0 bridgehead atoms. The molecule has 1 N–H and O–H groups in total. The number of hydrogen-bond acceptors (Lipinski definition) is 6. The number of sulfonamides is 1. The molecule has 8 nitrogen and oxygen atoms in total. The molecule has 0 aliphatic carbocycles. The molecule has 0 aliphatic rings. The van der Waals surface area contributed by atoms with Gasteiger partial charge in [-0.2, -0.15) is 4.31 Å². The molecule has 1 amide bonds. The van der Waals surface area contributed by atoms with Crippen molar-refractivity contribution < 1.29 is 17.6 Å². The fraction of sp³-hybridized carbons (Fsp3) is 0.348. The van der Waals surface area contributed by atoms with Crippen molar-refractivity contribution in [2.75, 3.05) is 18.4 Å². The Labute approximate surface area is 188 Å². The molecular weight excluding hydrogens is 428 g/mol. The summed E-state index contributed by atoms with van der Waals surface area (Å²) in [6, 6.07) is 11.6. The molecule has 3 rings (SSSR count). The van der Waals surface area contributed by atoms with E-state index in [0.717, 1.165) is 29.5 Å². The van der Waals surface area contributed by atoms with E-state index in [1.54, 1.807) is 0 Å². The zero-order chi connectivity index (χ0) is 23.3. The van der Waals surface area contributed by atoms with Gasteiger partial charge in [0.25, 0.3) is 5.91 Å². The lowest BCUT2D eigenvalue weighted by Crippen LogP contribution is -2.31. The van der Waals surface area contributed by atoms with Crippen molar-refractivity contribution in [3.63, 3.8) is 0 Å². The van der Waals surface area contributed by atoms with Gasteiger partial charge in [0.15, 0.2) is 0 Å². The van der Waals surface area contributed by atoms with Crippen LogP contribution in [0, 0.1) is 13.8 Å². The predicted molar refractivity (Wildman–Crippen MR) is 123 cm³/mol. The van der Waals surface area contributed by atoms with E-state index in [9.17, 15) is 13.2 Å². The molecule has 0 atom stereocenters. The summed E-state index contributed by atoms with van der Waals surface area (Å²) in [5, 5.41) is 10.5. The highest BCUT2D eigenvalue weighted by Crippen LogP contribution is 2.24. The molecule has 0 radical (unpaired) electrons. The first-order valence-corrected chi connectivity index (χ1v) is 12.0. The summed E-state index contributed by atoms with van der Waals surface area (Å²) in [5.74, 6) is -0.158. The minimum atomic E-state index is -3.60. The topological polar surface area (TPSA) is 105 Å². The molecular formula is C23H28N4O4S. The standard InChI is InChI=1S/C23H28N4O4S/c1-5-7-14-27(6-2)32(29,30)19-11-9-18(10-12-19)21(28)24-23-26-25-22(31-23)20-13-8-16(3)15-17(20)4/h8-13,15H,5-7,14H2,1-4H3,(H,24,26,28). The van der Waals surface area contributed by atoms with Crippen LogP contribution in [0.1, 0.15) is 48.2 Å². The number of hydrogen-bond donors (Lipinski definition) is 1. The van der Waals surface area contributed by atoms with Gasteiger partial charge in [-0.05, 0) is 56.2 Å². The number of nitrogens with zero attached hydrogens (tertiary/aromatic N) is 3. The van der Waals surface area contributed by atoms with Crippen LogP contribution >= 0.6 is 0 Å². The highest BCUT2D eigenvalue weighted by molar-refractivity contribution is 7.89. The van der Waals surface area contributed by atoms with E-state index in [1.165, 1.54) is 28.6 Å². The Bertz CT molecular complexity index is 1190. The monoisotopic (exact) mass is 456 g/mol. The van der Waals surface area contributed by atoms with Crippen LogP contribution in [0.25, 0.3) is 11.5 Å². The van der Waals surface area contributed by atoms with Crippen LogP contribution < -0.4 is 5.32 Å². The van der Waals surface area contributed by atoms with Gasteiger partial charge in [-0.1, -0.05) is 43.1 Å². The lowest BCUT2D eigenvalue weighted by Gasteiger charge is -2.20. The molecule has 1 heterocycles. The number of benzene rings is 2. The highest BCUT2D eigenvalue weighted by atomic mass is 32.2. The summed E-state index contributed by atoms with van der Waals surface area (Å²) < 4.78 is 32.7. The van der Waals surface area contributed by atoms with Crippen molar-refractivity contribution in [2.45, 2.75) is 45.4 Å². The first kappa shape index (κ1) is 23.6. The van der Waals surface area contributed by atoms with E-state index in [-0.39, 0.29) is 16.5 Å². The third-order valence-corrected chi connectivity index (χ3v) is 7.11. The van der Waals surface area contributed by atoms with Crippen molar-refractivity contribution >= 4 is 21.9 Å². The van der Waals surface area contributed by atoms with Crippen LogP contribution in [0.15, 0.2) is 51.8 Å². The average molecular weight is 457 g/mol. The summed E-state index contributed by atoms with van der Waals surface area (Å²) in [7, 11) is -3.60. The van der Waals surface area contributed by atoms with Gasteiger partial charge in [-0.3, -0.25) is 10.1 Å². The molecule has 0 saturated heterocycles. The van der Waals surface area contributed by atoms with Crippen molar-refractivity contribution in [2.24, 2.45) is 0 Å². The summed E-state index contributed by atoms with van der Waals surface area (Å²) in [6.45, 7) is 8.63. The van der Waals surface area contributed by atoms with E-state index in [4.69, 9.17) is 4.42 Å². The molecule has 1 aromatic heterocycles. The maximum absolute atomic E-state index is 12.8. The van der Waals surface area contributed by atoms with E-state index in [1.807, 2.05) is 45.9 Å². The zero-order valence-electron chi connectivity index (χ0n) is 18.8. The number of anilines is 1. The number of carbonyl (C=O) groups is 1. The fourth-order valence-electron chi connectivity index (χ4n) is 3.32. The Balaban J connectivity index is 1.72. The maximum Gasteiger partial charge on any atom is 0.322 e. The van der Waals surface area contributed by atoms with Gasteiger partial charge in [-0.25, -0.2) is 8.42 Å². The van der Waals surface area contributed by atoms with Crippen molar-refractivity contribution in [3.05, 3.63) is 59.2 Å². The third kappa shape index (κ3) is 5.23. The van der Waals surface area contributed by atoms with Gasteiger partial charge in [0, 0.05) is 24.2 Å². The van der Waals surface area contributed by atoms with Gasteiger partial charge >= 0.3 is 6.01 Å². The number of unbranched alkanes of at least 4 members (excludes halogenated alkanes) is 1. The third-order valence-electron chi connectivity index (χ3n) is 5.13. The van der Waals surface area contributed by atoms with E-state index < -0.39 is 15.9 Å². The Kier molecular flexibility index (Phi) is 7.42. The number of rotatable bonds is 9. The molecule has 2 aromatic carbocycles. The quantitative estimate of drug-likeness (QED) is 0.511. The highest BCUT2D eigenvalue weighted by Gasteiger charge is 2.23. The second-order valence-electron chi connectivity index (χ2n) is 7.56. The van der Waals surface area contributed by atoms with Gasteiger partial charge in [0.05, 0.1) is 4.90 Å². The second kappa shape index (κ2) is 10.1. The second-order valence-corrected chi connectivity index (χ2v) is 9.50. The van der Waals surface area contributed by atoms with Gasteiger partial charge in [0.2, 0.25) is 15.9 Å². The van der Waals surface area contributed by atoms with Crippen LogP contribution in [-0.2, 0) is 10.0 Å². The molecule has 0 spiro atoms. The van der Waals surface area contributed by atoms with Crippen LogP contribution in [0.3, 0.4) is 0 Å². The Hall–Kier alpha value is -3.04. The number of amides is 1. The number of aromatic nitrogens is 2. The summed E-state index contributed by atoms with van der Waals surface area (Å²) >= 11 is 0. The average Bonchev–Trinajstić information content (AvgIpc) is 3.22. The normalized spacial score (nSPS) is 11.7. The van der Waals surface area contributed by atoms with Gasteiger partial charge < -0.3 is 4.42 Å². The van der Waals surface area contributed by atoms with Crippen LogP contribution in [0.2, 0.25) is 0 Å². The van der Waals surface area contributed by atoms with Crippen LogP contribution in [-0.4, -0.2) is 41.9 Å². The minimum Gasteiger partial charge on any atom is -0.403 e. The van der Waals surface area contributed by atoms with Crippen molar-refractivity contribution in [3.8, 4) is 11.5 Å². The van der Waals surface area contributed by atoms with Gasteiger partial charge in [-0.15, -0.1) is 5.10 Å². The zero-order valence-corrected chi connectivity index (χ0v) is 19.6. The first-order valence-electron chi connectivity index (χ1n) is 10.6. The molecule has 0 saturated carbocycles. The van der Waals surface area contributed by atoms with E-state index in [0.29, 0.717) is 19.0 Å². The summed E-state index contributed by atoms with van der Waals surface area (Å²) in [6.07, 6.45) is 1.70. The smallest absolute Gasteiger partial charge is 0.322 e. The maximum atomic E-state index is 12.8. The SMILES string of the molecule is CCCCN(CC)S(=O)(=O)c1ccc(C(=O)Nc2nnc(-c3ccc(C)cc3C)o2)cc1. The van der Waals surface area contributed by atoms with Crippen molar-refractivity contribution in [1.29, 1.82) is 0 Å². The fourth-order valence-corrected chi connectivity index (χ4v) is 4.80. The van der Waals surface area contributed by atoms with E-state index >= 15 is 0 Å². The number of nitrogens with one attached hydrogen (secondary N) is 1. The van der Waals surface area contributed by atoms with Crippen molar-refractivity contribution in [1.82, 2.24) is 14.5 Å². The lowest BCUT2D eigenvalue weighted by atomic mass is 10.1. The Morgan fingerprint density at radius 3 is 2.41 bits per heavy atom. The predicted octanol–water partition coefficient (Wildman–Crippen LogP) is 4.42. The van der Waals surface area contributed by atoms with Crippen LogP contribution in [0.4, 0.5) is 6.01 Å². The number of carbonyl (C=O) groups excluding carboxylic acids is 1. The molecule has 0 fully saturated rings. The van der Waals surface area contributed by atoms with E-state index in [2.05, 4.69) is 15.5 Å². The molecule has 0 aliphatic heterocycles. The molecule has 32 heavy (non-hydrogen) atoms. The summed E-state index contributed by atoms with van der Waals surface area (Å²) in [5.41, 5.74) is 3.19. The summed E-state index contributed by atoms with van der Waals surface area (Å²) in [4.78, 5) is 12.7. The first-order chi connectivity index (χ1) is 15.3. The molecule has 9 heteroatoms. The number of aryl methyl sites for hydroxylation is 2. The largest absolute Gasteiger partial charge is 0.403 e. The molecule has 170 valence electrons. The molecule has 0 unspecified atom stereocenters. The van der Waals surface area contributed by atoms with Gasteiger partial charge in [0.1, 0.15) is 0 Å². The molecule has 3 aromatic rings. The van der Waals surface area contributed by atoms with Crippen LogP contribution in [0.5, 0.6) is 0 Å². The Morgan fingerprint density at radius 2 is 1.78 bits per heavy atom.